The first-order chi connectivity index (χ1) is 7.11. The number of benzene rings is 1. The highest BCUT2D eigenvalue weighted by molar-refractivity contribution is 9.10. The van der Waals surface area contributed by atoms with Gasteiger partial charge in [-0.25, -0.2) is 3.93 Å². The molecule has 1 unspecified atom stereocenters. The zero-order valence-electron chi connectivity index (χ0n) is 7.68. The average molecular weight is 270 g/mol. The molecule has 1 aromatic rings. The van der Waals surface area contributed by atoms with Crippen molar-refractivity contribution in [2.75, 3.05) is 3.93 Å². The quantitative estimate of drug-likeness (QED) is 0.793. The predicted octanol–water partition coefficient (Wildman–Crippen LogP) is 1.90. The van der Waals surface area contributed by atoms with Gasteiger partial charge < -0.3 is 5.11 Å². The van der Waals surface area contributed by atoms with E-state index in [1.807, 2.05) is 0 Å². The first-order valence-corrected chi connectivity index (χ1v) is 5.12. The number of hydrogen-bond donors (Lipinski definition) is 1. The Hall–Kier alpha value is -1.36. The summed E-state index contributed by atoms with van der Waals surface area (Å²) in [5.41, 5.74) is 1.28. The van der Waals surface area contributed by atoms with Crippen LogP contribution in [0.5, 0.6) is 0 Å². The van der Waals surface area contributed by atoms with Crippen LogP contribution >= 0.6 is 16.1 Å². The normalized spacial score (nSPS) is 19.9. The Labute approximate surface area is 94.8 Å². The molecule has 0 saturated heterocycles. The average Bonchev–Trinajstić information content (AvgIpc) is 2.23. The molecule has 0 bridgehead atoms. The van der Waals surface area contributed by atoms with Crippen LogP contribution in [0, 0.1) is 0 Å². The van der Waals surface area contributed by atoms with E-state index < -0.39 is 11.9 Å². The van der Waals surface area contributed by atoms with Gasteiger partial charge in [0.2, 0.25) is 5.91 Å². The van der Waals surface area contributed by atoms with Gasteiger partial charge >= 0.3 is 5.97 Å². The highest BCUT2D eigenvalue weighted by Gasteiger charge is 2.34. The minimum Gasteiger partial charge on any atom is -0.481 e. The molecular weight excluding hydrogens is 262 g/mol. The Bertz CT molecular complexity index is 432. The van der Waals surface area contributed by atoms with Crippen molar-refractivity contribution in [1.29, 1.82) is 0 Å². The van der Waals surface area contributed by atoms with E-state index in [1.165, 1.54) is 3.93 Å². The maximum Gasteiger partial charge on any atom is 0.311 e. The molecule has 78 valence electrons. The number of carboxylic acids is 1. The summed E-state index contributed by atoms with van der Waals surface area (Å²) in [4.78, 5) is 22.5. The molecule has 15 heavy (non-hydrogen) atoms. The Morgan fingerprint density at radius 3 is 2.80 bits per heavy atom. The number of carboxylic acid groups (broad SMARTS) is 1. The van der Waals surface area contributed by atoms with Gasteiger partial charge in [0.05, 0.1) is 27.8 Å². The van der Waals surface area contributed by atoms with Gasteiger partial charge in [-0.1, -0.05) is 18.2 Å². The lowest BCUT2D eigenvalue weighted by atomic mass is 9.91. The number of halogens is 1. The van der Waals surface area contributed by atoms with E-state index in [-0.39, 0.29) is 12.3 Å². The molecule has 0 radical (unpaired) electrons. The minimum atomic E-state index is -0.962. The van der Waals surface area contributed by atoms with Crippen molar-refractivity contribution in [1.82, 2.24) is 0 Å². The Balaban J connectivity index is 2.54. The molecule has 0 aromatic heterocycles. The summed E-state index contributed by atoms with van der Waals surface area (Å²) in [5, 5.41) is 9.00. The van der Waals surface area contributed by atoms with E-state index in [0.717, 1.165) is 0 Å². The van der Waals surface area contributed by atoms with Crippen molar-refractivity contribution >= 4 is 33.7 Å². The number of nitrogens with zero attached hydrogens (tertiary/aromatic N) is 1. The molecule has 1 heterocycles. The Kier molecular flexibility index (Phi) is 2.48. The van der Waals surface area contributed by atoms with Crippen LogP contribution in [0.3, 0.4) is 0 Å². The molecular formula is C10H8BrNO3. The second-order valence-corrected chi connectivity index (χ2v) is 4.04. The minimum absolute atomic E-state index is 0.00238. The number of aliphatic carboxylic acids is 1. The molecule has 1 aliphatic rings. The van der Waals surface area contributed by atoms with Crippen molar-refractivity contribution in [3.63, 3.8) is 0 Å². The van der Waals surface area contributed by atoms with Gasteiger partial charge in [0.15, 0.2) is 0 Å². The van der Waals surface area contributed by atoms with Gasteiger partial charge in [-0.2, -0.15) is 0 Å². The predicted molar refractivity (Wildman–Crippen MR) is 57.8 cm³/mol. The number of fused-ring (bicyclic) bond motifs is 1. The summed E-state index contributed by atoms with van der Waals surface area (Å²) < 4.78 is 1.32. The van der Waals surface area contributed by atoms with Gasteiger partial charge in [0.1, 0.15) is 0 Å². The second kappa shape index (κ2) is 3.66. The number of amides is 1. The lowest BCUT2D eigenvalue weighted by Crippen LogP contribution is -2.31. The van der Waals surface area contributed by atoms with Crippen molar-refractivity contribution in [2.24, 2.45) is 0 Å². The van der Waals surface area contributed by atoms with Crippen molar-refractivity contribution in [2.45, 2.75) is 12.3 Å². The zero-order valence-corrected chi connectivity index (χ0v) is 9.27. The third-order valence-electron chi connectivity index (χ3n) is 2.42. The fraction of sp³-hybridized carbons (Fsp3) is 0.200. The first kappa shape index (κ1) is 10.2. The van der Waals surface area contributed by atoms with Crippen LogP contribution < -0.4 is 3.93 Å². The lowest BCUT2D eigenvalue weighted by molar-refractivity contribution is -0.140. The molecule has 0 fully saturated rings. The highest BCUT2D eigenvalue weighted by atomic mass is 79.9. The zero-order chi connectivity index (χ0) is 11.0. The van der Waals surface area contributed by atoms with Crippen molar-refractivity contribution in [3.05, 3.63) is 29.8 Å². The van der Waals surface area contributed by atoms with Crippen LogP contribution in [-0.4, -0.2) is 17.0 Å². The number of para-hydroxylation sites is 1. The van der Waals surface area contributed by atoms with Gasteiger partial charge in [0.25, 0.3) is 0 Å². The summed E-state index contributed by atoms with van der Waals surface area (Å²) in [6.45, 7) is 0. The van der Waals surface area contributed by atoms with Crippen LogP contribution in [0.15, 0.2) is 24.3 Å². The Morgan fingerprint density at radius 2 is 2.13 bits per heavy atom. The third-order valence-corrected chi connectivity index (χ3v) is 3.20. The van der Waals surface area contributed by atoms with Gasteiger partial charge in [-0.05, 0) is 11.6 Å². The van der Waals surface area contributed by atoms with Gasteiger partial charge in [-0.3, -0.25) is 9.59 Å². The number of rotatable bonds is 1. The van der Waals surface area contributed by atoms with Crippen LogP contribution in [0.25, 0.3) is 0 Å². The van der Waals surface area contributed by atoms with Crippen LogP contribution in [0.1, 0.15) is 17.9 Å². The SMILES string of the molecule is O=C(O)C1CC(=O)N(Br)c2ccccc21. The summed E-state index contributed by atoms with van der Waals surface area (Å²) in [6.07, 6.45) is -0.00238. The van der Waals surface area contributed by atoms with E-state index in [0.29, 0.717) is 11.3 Å². The molecule has 4 nitrogen and oxygen atoms in total. The van der Waals surface area contributed by atoms with E-state index in [2.05, 4.69) is 16.1 Å². The van der Waals surface area contributed by atoms with E-state index in [9.17, 15) is 9.59 Å². The maximum atomic E-state index is 11.5. The molecule has 1 aliphatic heterocycles. The molecule has 1 N–H and O–H groups in total. The van der Waals surface area contributed by atoms with Crippen LogP contribution in [0.4, 0.5) is 5.69 Å². The standard InChI is InChI=1S/C10H8BrNO3/c11-12-8-4-2-1-3-6(8)7(10(14)15)5-9(12)13/h1-4,7H,5H2,(H,14,15). The number of carbonyl (C=O) groups is 2. The first-order valence-electron chi connectivity index (χ1n) is 4.41. The van der Waals surface area contributed by atoms with Crippen LogP contribution in [0.2, 0.25) is 0 Å². The molecule has 2 rings (SSSR count). The van der Waals surface area contributed by atoms with Crippen molar-refractivity contribution in [3.8, 4) is 0 Å². The summed E-state index contributed by atoms with van der Waals surface area (Å²) in [7, 11) is 0. The van der Waals surface area contributed by atoms with Crippen molar-refractivity contribution < 1.29 is 14.7 Å². The number of anilines is 1. The van der Waals surface area contributed by atoms with Gasteiger partial charge in [-0.15, -0.1) is 0 Å². The number of hydrogen-bond acceptors (Lipinski definition) is 2. The van der Waals surface area contributed by atoms with E-state index >= 15 is 0 Å². The molecule has 1 atom stereocenters. The molecule has 1 aromatic carbocycles. The van der Waals surface area contributed by atoms with Gasteiger partial charge in [0, 0.05) is 6.42 Å². The topological polar surface area (TPSA) is 57.6 Å². The fourth-order valence-electron chi connectivity index (χ4n) is 1.68. The molecule has 0 spiro atoms. The third kappa shape index (κ3) is 1.63. The number of carbonyl (C=O) groups excluding carboxylic acids is 1. The maximum absolute atomic E-state index is 11.5. The summed E-state index contributed by atoms with van der Waals surface area (Å²) in [6, 6.07) is 6.99. The molecule has 0 aliphatic carbocycles. The smallest absolute Gasteiger partial charge is 0.311 e. The summed E-state index contributed by atoms with van der Waals surface area (Å²) >= 11 is 3.12. The summed E-state index contributed by atoms with van der Waals surface area (Å²) in [5.74, 6) is -1.93. The van der Waals surface area contributed by atoms with E-state index in [1.54, 1.807) is 24.3 Å². The monoisotopic (exact) mass is 269 g/mol. The highest BCUT2D eigenvalue weighted by Crippen LogP contribution is 2.37. The molecule has 1 amide bonds. The Morgan fingerprint density at radius 1 is 1.47 bits per heavy atom. The molecule has 0 saturated carbocycles. The largest absolute Gasteiger partial charge is 0.481 e. The lowest BCUT2D eigenvalue weighted by Gasteiger charge is -2.27. The molecule has 5 heteroatoms. The van der Waals surface area contributed by atoms with Crippen LogP contribution in [-0.2, 0) is 9.59 Å². The second-order valence-electron chi connectivity index (χ2n) is 3.33. The fourth-order valence-corrected chi connectivity index (χ4v) is 2.15. The van der Waals surface area contributed by atoms with E-state index in [4.69, 9.17) is 5.11 Å².